The van der Waals surface area contributed by atoms with Gasteiger partial charge in [-0.1, -0.05) is 72.8 Å². The number of hydrogen-bond acceptors (Lipinski definition) is 0. The van der Waals surface area contributed by atoms with E-state index in [1.165, 1.54) is 10.6 Å². The highest BCUT2D eigenvalue weighted by Crippen LogP contribution is 2.35. The number of rotatable bonds is 3. The van der Waals surface area contributed by atoms with Gasteiger partial charge < -0.3 is 0 Å². The Morgan fingerprint density at radius 3 is 1.50 bits per heavy atom. The standard InChI is InChI=1S/C18H14OP/c19-17-13-7-8-14-18(17)20(15-9-3-1-4-10-15)16-11-5-2-6-12-16/h1-14H. The van der Waals surface area contributed by atoms with Gasteiger partial charge in [0, 0.05) is 5.30 Å². The fourth-order valence-electron chi connectivity index (χ4n) is 2.22. The highest BCUT2D eigenvalue weighted by Gasteiger charge is 2.19. The molecule has 0 fully saturated rings. The average Bonchev–Trinajstić information content (AvgIpc) is 2.52. The Hall–Kier alpha value is -2.11. The van der Waals surface area contributed by atoms with Crippen LogP contribution in [0.3, 0.4) is 0 Å². The highest BCUT2D eigenvalue weighted by molar-refractivity contribution is 7.80. The summed E-state index contributed by atoms with van der Waals surface area (Å²) >= 11 is 0. The molecule has 3 aromatic carbocycles. The summed E-state index contributed by atoms with van der Waals surface area (Å²) in [6, 6.07) is 27.9. The van der Waals surface area contributed by atoms with Crippen molar-refractivity contribution in [2.24, 2.45) is 0 Å². The molecule has 0 aliphatic carbocycles. The third kappa shape index (κ3) is 2.59. The molecule has 3 aromatic rings. The molecular weight excluding hydrogens is 263 g/mol. The van der Waals surface area contributed by atoms with Crippen LogP contribution < -0.4 is 15.9 Å². The van der Waals surface area contributed by atoms with E-state index in [1.54, 1.807) is 12.1 Å². The summed E-state index contributed by atoms with van der Waals surface area (Å²) in [6.07, 6.45) is 0. The van der Waals surface area contributed by atoms with Crippen LogP contribution in [0, 0.1) is 0 Å². The lowest BCUT2D eigenvalue weighted by Gasteiger charge is -2.19. The SMILES string of the molecule is [O]c1ccccc1P(c1ccccc1)c1ccccc1. The summed E-state index contributed by atoms with van der Waals surface area (Å²) in [5.41, 5.74) is 0. The zero-order valence-electron chi connectivity index (χ0n) is 10.9. The monoisotopic (exact) mass is 277 g/mol. The molecule has 0 aliphatic heterocycles. The van der Waals surface area contributed by atoms with Crippen molar-refractivity contribution in [1.82, 2.24) is 0 Å². The lowest BCUT2D eigenvalue weighted by molar-refractivity contribution is 0.358. The van der Waals surface area contributed by atoms with Crippen LogP contribution in [0.2, 0.25) is 0 Å². The van der Waals surface area contributed by atoms with E-state index in [1.807, 2.05) is 48.5 Å². The van der Waals surface area contributed by atoms with Crippen LogP contribution in [0.25, 0.3) is 0 Å². The van der Waals surface area contributed by atoms with Gasteiger partial charge in [0.05, 0.1) is 0 Å². The zero-order valence-corrected chi connectivity index (χ0v) is 11.8. The lowest BCUT2D eigenvalue weighted by atomic mass is 10.3. The number of para-hydroxylation sites is 1. The average molecular weight is 277 g/mol. The number of benzene rings is 3. The van der Waals surface area contributed by atoms with E-state index in [0.29, 0.717) is 0 Å². The minimum absolute atomic E-state index is 0.117. The van der Waals surface area contributed by atoms with Gasteiger partial charge in [0.1, 0.15) is 0 Å². The summed E-state index contributed by atoms with van der Waals surface area (Å²) in [5, 5.41) is 15.5. The molecule has 0 amide bonds. The van der Waals surface area contributed by atoms with E-state index in [4.69, 9.17) is 0 Å². The van der Waals surface area contributed by atoms with Crippen molar-refractivity contribution in [3.63, 3.8) is 0 Å². The second-order valence-electron chi connectivity index (χ2n) is 4.47. The Labute approximate surface area is 120 Å². The molecule has 0 saturated carbocycles. The van der Waals surface area contributed by atoms with Gasteiger partial charge in [0.2, 0.25) is 0 Å². The van der Waals surface area contributed by atoms with Crippen molar-refractivity contribution in [3.05, 3.63) is 84.9 Å². The fourth-order valence-corrected chi connectivity index (χ4v) is 4.55. The Bertz CT molecular complexity index is 641. The van der Waals surface area contributed by atoms with E-state index in [9.17, 15) is 5.11 Å². The van der Waals surface area contributed by atoms with Gasteiger partial charge >= 0.3 is 0 Å². The van der Waals surface area contributed by atoms with E-state index in [2.05, 4.69) is 24.3 Å². The minimum Gasteiger partial charge on any atom is -0.289 e. The normalized spacial score (nSPS) is 10.7. The van der Waals surface area contributed by atoms with Crippen molar-refractivity contribution in [1.29, 1.82) is 0 Å². The predicted molar refractivity (Wildman–Crippen MR) is 85.3 cm³/mol. The predicted octanol–water partition coefficient (Wildman–Crippen LogP) is 3.59. The van der Waals surface area contributed by atoms with Crippen molar-refractivity contribution in [3.8, 4) is 5.75 Å². The molecule has 1 radical (unpaired) electrons. The molecule has 2 heteroatoms. The molecular formula is C18H14OP. The van der Waals surface area contributed by atoms with Gasteiger partial charge in [-0.2, -0.15) is 0 Å². The summed E-state index contributed by atoms with van der Waals surface area (Å²) in [4.78, 5) is 0. The van der Waals surface area contributed by atoms with E-state index in [0.717, 1.165) is 5.30 Å². The summed E-state index contributed by atoms with van der Waals surface area (Å²) in [5.74, 6) is 0.117. The molecule has 0 N–H and O–H groups in total. The van der Waals surface area contributed by atoms with Gasteiger partial charge in [0.15, 0.2) is 5.75 Å². The molecule has 0 heterocycles. The van der Waals surface area contributed by atoms with Crippen LogP contribution in [0.5, 0.6) is 5.75 Å². The minimum atomic E-state index is -0.779. The largest absolute Gasteiger partial charge is 0.289 e. The van der Waals surface area contributed by atoms with Crippen molar-refractivity contribution in [2.45, 2.75) is 0 Å². The zero-order chi connectivity index (χ0) is 13.8. The Balaban J connectivity index is 2.17. The Kier molecular flexibility index (Phi) is 3.80. The molecule has 97 valence electrons. The van der Waals surface area contributed by atoms with Crippen LogP contribution in [-0.4, -0.2) is 0 Å². The summed E-state index contributed by atoms with van der Waals surface area (Å²) in [6.45, 7) is 0. The topological polar surface area (TPSA) is 19.9 Å². The smallest absolute Gasteiger partial charge is 0.186 e. The second kappa shape index (κ2) is 5.90. The van der Waals surface area contributed by atoms with Gasteiger partial charge in [-0.15, -0.1) is 0 Å². The molecule has 0 atom stereocenters. The lowest BCUT2D eigenvalue weighted by Crippen LogP contribution is -2.20. The molecule has 0 saturated heterocycles. The third-order valence-corrected chi connectivity index (χ3v) is 5.62. The van der Waals surface area contributed by atoms with Gasteiger partial charge in [0.25, 0.3) is 0 Å². The first kappa shape index (κ1) is 12.9. The maximum Gasteiger partial charge on any atom is 0.186 e. The molecule has 0 spiro atoms. The molecule has 0 aliphatic rings. The summed E-state index contributed by atoms with van der Waals surface area (Å²) < 4.78 is 0. The first-order chi connectivity index (χ1) is 9.86. The molecule has 1 nitrogen and oxygen atoms in total. The molecule has 3 rings (SSSR count). The first-order valence-corrected chi connectivity index (χ1v) is 7.87. The van der Waals surface area contributed by atoms with Crippen LogP contribution >= 0.6 is 7.92 Å². The van der Waals surface area contributed by atoms with E-state index in [-0.39, 0.29) is 5.75 Å². The first-order valence-electron chi connectivity index (χ1n) is 6.52. The Morgan fingerprint density at radius 1 is 0.550 bits per heavy atom. The van der Waals surface area contributed by atoms with Crippen molar-refractivity contribution < 1.29 is 5.11 Å². The Morgan fingerprint density at radius 2 is 1.00 bits per heavy atom. The third-order valence-electron chi connectivity index (χ3n) is 3.13. The van der Waals surface area contributed by atoms with Crippen LogP contribution in [0.15, 0.2) is 84.9 Å². The second-order valence-corrected chi connectivity index (χ2v) is 6.66. The van der Waals surface area contributed by atoms with Crippen LogP contribution in [0.4, 0.5) is 0 Å². The molecule has 0 bridgehead atoms. The van der Waals surface area contributed by atoms with Gasteiger partial charge in [-0.25, -0.2) is 0 Å². The molecule has 0 aromatic heterocycles. The molecule has 0 unspecified atom stereocenters. The van der Waals surface area contributed by atoms with Gasteiger partial charge in [-0.3, -0.25) is 5.11 Å². The molecule has 20 heavy (non-hydrogen) atoms. The maximum absolute atomic E-state index is 12.2. The summed E-state index contributed by atoms with van der Waals surface area (Å²) in [7, 11) is -0.779. The van der Waals surface area contributed by atoms with Crippen molar-refractivity contribution >= 4 is 23.8 Å². The highest BCUT2D eigenvalue weighted by atomic mass is 31.1. The van der Waals surface area contributed by atoms with Crippen molar-refractivity contribution in [2.75, 3.05) is 0 Å². The maximum atomic E-state index is 12.2. The van der Waals surface area contributed by atoms with Crippen LogP contribution in [0.1, 0.15) is 0 Å². The fraction of sp³-hybridized carbons (Fsp3) is 0. The number of hydrogen-bond donors (Lipinski definition) is 0. The van der Waals surface area contributed by atoms with E-state index < -0.39 is 7.92 Å². The van der Waals surface area contributed by atoms with Gasteiger partial charge in [-0.05, 0) is 30.7 Å². The van der Waals surface area contributed by atoms with E-state index >= 15 is 0 Å². The van der Waals surface area contributed by atoms with Crippen LogP contribution in [-0.2, 0) is 5.11 Å². The quantitative estimate of drug-likeness (QED) is 0.652.